The molecule has 1 saturated heterocycles. The van der Waals surface area contributed by atoms with Crippen LogP contribution in [0, 0.1) is 17.8 Å². The van der Waals surface area contributed by atoms with Gasteiger partial charge in [0.05, 0.1) is 5.92 Å². The number of hydrogen-bond acceptors (Lipinski definition) is 3. The first-order chi connectivity index (χ1) is 7.66. The van der Waals surface area contributed by atoms with Gasteiger partial charge in [0, 0.05) is 6.54 Å². The molecule has 0 aromatic rings. The molecular weight excluding hydrogens is 202 g/mol. The fraction of sp³-hybridized carbons (Fsp3) is 0.923. The van der Waals surface area contributed by atoms with Gasteiger partial charge >= 0.3 is 5.97 Å². The number of ether oxygens (including phenoxy) is 1. The molecule has 2 rings (SSSR count). The topological polar surface area (TPSA) is 38.3 Å². The molecule has 3 nitrogen and oxygen atoms in total. The molecule has 92 valence electrons. The molecule has 0 aromatic heterocycles. The van der Waals surface area contributed by atoms with Crippen LogP contribution in [0.5, 0.6) is 0 Å². The Labute approximate surface area is 97.9 Å². The average molecular weight is 225 g/mol. The standard InChI is InChI=1S/C13H23NO2/c1-9-3-5-11(6-4-9)16-13(15)12-8-14-7-10(12)2/h9-12,14H,3-8H2,1-2H3/t9?,10-,11?,12-/m1/s1. The highest BCUT2D eigenvalue weighted by atomic mass is 16.5. The van der Waals surface area contributed by atoms with Crippen LogP contribution in [0.1, 0.15) is 39.5 Å². The zero-order valence-corrected chi connectivity index (χ0v) is 10.4. The molecule has 1 N–H and O–H groups in total. The molecule has 2 aliphatic rings. The Morgan fingerprint density at radius 3 is 2.38 bits per heavy atom. The first-order valence-corrected chi connectivity index (χ1v) is 6.58. The molecule has 1 aliphatic carbocycles. The van der Waals surface area contributed by atoms with E-state index in [1.165, 1.54) is 12.8 Å². The fourth-order valence-corrected chi connectivity index (χ4v) is 2.72. The van der Waals surface area contributed by atoms with Crippen molar-refractivity contribution >= 4 is 5.97 Å². The maximum atomic E-state index is 11.9. The van der Waals surface area contributed by atoms with E-state index in [0.717, 1.165) is 31.8 Å². The second kappa shape index (κ2) is 5.17. The quantitative estimate of drug-likeness (QED) is 0.730. The van der Waals surface area contributed by atoms with Crippen LogP contribution in [0.2, 0.25) is 0 Å². The van der Waals surface area contributed by atoms with Crippen LogP contribution >= 0.6 is 0 Å². The summed E-state index contributed by atoms with van der Waals surface area (Å²) in [4.78, 5) is 11.9. The number of esters is 1. The lowest BCUT2D eigenvalue weighted by atomic mass is 9.89. The minimum absolute atomic E-state index is 0.0250. The van der Waals surface area contributed by atoms with Crippen molar-refractivity contribution in [2.45, 2.75) is 45.6 Å². The van der Waals surface area contributed by atoms with Gasteiger partial charge in [0.2, 0.25) is 0 Å². The summed E-state index contributed by atoms with van der Waals surface area (Å²) in [6.07, 6.45) is 4.71. The van der Waals surface area contributed by atoms with Crippen molar-refractivity contribution in [1.29, 1.82) is 0 Å². The maximum Gasteiger partial charge on any atom is 0.310 e. The van der Waals surface area contributed by atoms with Crippen LogP contribution in [-0.2, 0) is 9.53 Å². The van der Waals surface area contributed by atoms with Crippen molar-refractivity contribution in [1.82, 2.24) is 5.32 Å². The first kappa shape index (κ1) is 11.9. The predicted molar refractivity (Wildman–Crippen MR) is 63.0 cm³/mol. The molecule has 1 saturated carbocycles. The van der Waals surface area contributed by atoms with Gasteiger partial charge in [-0.05, 0) is 44.1 Å². The fourth-order valence-electron chi connectivity index (χ4n) is 2.72. The number of rotatable bonds is 2. The summed E-state index contributed by atoms with van der Waals surface area (Å²) in [7, 11) is 0. The summed E-state index contributed by atoms with van der Waals surface area (Å²) in [6, 6.07) is 0. The van der Waals surface area contributed by atoms with Crippen molar-refractivity contribution in [2.24, 2.45) is 17.8 Å². The highest BCUT2D eigenvalue weighted by Gasteiger charge is 2.32. The summed E-state index contributed by atoms with van der Waals surface area (Å²) in [5.74, 6) is 1.34. The van der Waals surface area contributed by atoms with Gasteiger partial charge < -0.3 is 10.1 Å². The van der Waals surface area contributed by atoms with Crippen LogP contribution in [0.4, 0.5) is 0 Å². The molecule has 1 aliphatic heterocycles. The van der Waals surface area contributed by atoms with Crippen molar-refractivity contribution in [3.05, 3.63) is 0 Å². The van der Waals surface area contributed by atoms with Crippen molar-refractivity contribution in [3.63, 3.8) is 0 Å². The lowest BCUT2D eigenvalue weighted by Crippen LogP contribution is -2.30. The van der Waals surface area contributed by atoms with Gasteiger partial charge in [0.15, 0.2) is 0 Å². The Kier molecular flexibility index (Phi) is 3.85. The zero-order chi connectivity index (χ0) is 11.5. The van der Waals surface area contributed by atoms with Crippen molar-refractivity contribution < 1.29 is 9.53 Å². The molecule has 2 fully saturated rings. The molecule has 0 spiro atoms. The molecule has 1 heterocycles. The van der Waals surface area contributed by atoms with Crippen LogP contribution in [0.3, 0.4) is 0 Å². The minimum atomic E-state index is 0.0250. The van der Waals surface area contributed by atoms with Gasteiger partial charge in [-0.2, -0.15) is 0 Å². The Morgan fingerprint density at radius 2 is 1.81 bits per heavy atom. The summed E-state index contributed by atoms with van der Waals surface area (Å²) < 4.78 is 5.62. The Hall–Kier alpha value is -0.570. The van der Waals surface area contributed by atoms with E-state index in [2.05, 4.69) is 19.2 Å². The molecule has 2 atom stereocenters. The molecule has 0 amide bonds. The zero-order valence-electron chi connectivity index (χ0n) is 10.4. The normalized spacial score (nSPS) is 39.6. The number of nitrogens with one attached hydrogen (secondary N) is 1. The van der Waals surface area contributed by atoms with Crippen LogP contribution in [0.15, 0.2) is 0 Å². The van der Waals surface area contributed by atoms with Crippen LogP contribution < -0.4 is 5.32 Å². The lowest BCUT2D eigenvalue weighted by Gasteiger charge is -2.27. The second-order valence-electron chi connectivity index (χ2n) is 5.56. The SMILES string of the molecule is CC1CCC(OC(=O)[C@@H]2CNC[C@H]2C)CC1. The number of carbonyl (C=O) groups excluding carboxylic acids is 1. The molecule has 0 bridgehead atoms. The maximum absolute atomic E-state index is 11.9. The number of carbonyl (C=O) groups is 1. The lowest BCUT2D eigenvalue weighted by molar-refractivity contribution is -0.156. The summed E-state index contributed by atoms with van der Waals surface area (Å²) in [6.45, 7) is 6.14. The molecule has 3 heteroatoms. The Balaban J connectivity index is 1.78. The second-order valence-corrected chi connectivity index (χ2v) is 5.56. The van der Waals surface area contributed by atoms with Gasteiger partial charge in [-0.25, -0.2) is 0 Å². The molecule has 0 aromatic carbocycles. The van der Waals surface area contributed by atoms with Gasteiger partial charge in [-0.1, -0.05) is 13.8 Å². The summed E-state index contributed by atoms with van der Waals surface area (Å²) >= 11 is 0. The summed E-state index contributed by atoms with van der Waals surface area (Å²) in [5.41, 5.74) is 0. The third-order valence-electron chi connectivity index (χ3n) is 4.07. The first-order valence-electron chi connectivity index (χ1n) is 6.58. The van der Waals surface area contributed by atoms with E-state index in [-0.39, 0.29) is 18.0 Å². The van der Waals surface area contributed by atoms with E-state index in [4.69, 9.17) is 4.74 Å². The van der Waals surface area contributed by atoms with E-state index < -0.39 is 0 Å². The average Bonchev–Trinajstić information content (AvgIpc) is 2.68. The van der Waals surface area contributed by atoms with Gasteiger partial charge in [-0.3, -0.25) is 4.79 Å². The third-order valence-corrected chi connectivity index (χ3v) is 4.07. The van der Waals surface area contributed by atoms with E-state index >= 15 is 0 Å². The highest BCUT2D eigenvalue weighted by Crippen LogP contribution is 2.27. The minimum Gasteiger partial charge on any atom is -0.462 e. The van der Waals surface area contributed by atoms with Crippen molar-refractivity contribution in [3.8, 4) is 0 Å². The monoisotopic (exact) mass is 225 g/mol. The predicted octanol–water partition coefficient (Wildman–Crippen LogP) is 1.96. The van der Waals surface area contributed by atoms with Gasteiger partial charge in [0.1, 0.15) is 6.10 Å². The van der Waals surface area contributed by atoms with E-state index in [1.54, 1.807) is 0 Å². The molecule has 16 heavy (non-hydrogen) atoms. The van der Waals surface area contributed by atoms with Gasteiger partial charge in [0.25, 0.3) is 0 Å². The smallest absolute Gasteiger partial charge is 0.310 e. The van der Waals surface area contributed by atoms with Crippen molar-refractivity contribution in [2.75, 3.05) is 13.1 Å². The van der Waals surface area contributed by atoms with E-state index in [9.17, 15) is 4.79 Å². The molecule has 0 radical (unpaired) electrons. The van der Waals surface area contributed by atoms with Crippen LogP contribution in [-0.4, -0.2) is 25.2 Å². The highest BCUT2D eigenvalue weighted by molar-refractivity contribution is 5.73. The third kappa shape index (κ3) is 2.76. The molecular formula is C13H23NO2. The number of hydrogen-bond donors (Lipinski definition) is 1. The van der Waals surface area contributed by atoms with E-state index in [0.29, 0.717) is 5.92 Å². The van der Waals surface area contributed by atoms with Crippen LogP contribution in [0.25, 0.3) is 0 Å². The van der Waals surface area contributed by atoms with Gasteiger partial charge in [-0.15, -0.1) is 0 Å². The van der Waals surface area contributed by atoms with E-state index in [1.807, 2.05) is 0 Å². The largest absolute Gasteiger partial charge is 0.462 e. The summed E-state index contributed by atoms with van der Waals surface area (Å²) in [5, 5.41) is 3.25. The Bertz CT molecular complexity index is 246. The Morgan fingerprint density at radius 1 is 1.12 bits per heavy atom. The molecule has 0 unspecified atom stereocenters.